The zero-order valence-electron chi connectivity index (χ0n) is 25.8. The van der Waals surface area contributed by atoms with Gasteiger partial charge in [-0.15, -0.1) is 0 Å². The Kier molecular flexibility index (Phi) is 12.9. The van der Waals surface area contributed by atoms with Crippen molar-refractivity contribution in [1.29, 1.82) is 0 Å². The van der Waals surface area contributed by atoms with Gasteiger partial charge in [-0.25, -0.2) is 30.4 Å². The Hall–Kier alpha value is -3.00. The zero-order valence-corrected chi connectivity index (χ0v) is 28.9. The van der Waals surface area contributed by atoms with Gasteiger partial charge in [-0.05, 0) is 74.2 Å². The van der Waals surface area contributed by atoms with E-state index in [0.29, 0.717) is 37.1 Å². The fraction of sp³-hybridized carbons (Fsp3) is 0.438. The number of rotatable bonds is 9. The van der Waals surface area contributed by atoms with Crippen LogP contribution >= 0.6 is 23.2 Å². The van der Waals surface area contributed by atoms with Crippen LogP contribution in [0, 0.1) is 11.6 Å². The van der Waals surface area contributed by atoms with E-state index in [1.54, 1.807) is 6.07 Å². The second-order valence-electron chi connectivity index (χ2n) is 11.5. The molecule has 256 valence electrons. The van der Waals surface area contributed by atoms with Gasteiger partial charge in [0.05, 0.1) is 56.8 Å². The first-order valence-corrected chi connectivity index (χ1v) is 19.1. The van der Waals surface area contributed by atoms with Gasteiger partial charge in [-0.2, -0.15) is 0 Å². The smallest absolute Gasteiger partial charge is 0.339 e. The summed E-state index contributed by atoms with van der Waals surface area (Å²) in [5, 5.41) is -1.09. The Morgan fingerprint density at radius 1 is 0.851 bits per heavy atom. The third-order valence-electron chi connectivity index (χ3n) is 8.19. The number of nitrogens with one attached hydrogen (secondary N) is 1. The van der Waals surface area contributed by atoms with Gasteiger partial charge in [-0.1, -0.05) is 61.7 Å². The van der Waals surface area contributed by atoms with Crippen LogP contribution in [-0.4, -0.2) is 45.4 Å². The number of carbonyl (C=O) groups is 1. The molecule has 2 aliphatic rings. The minimum absolute atomic E-state index is 0.0533. The molecule has 2 aliphatic carbocycles. The van der Waals surface area contributed by atoms with Crippen molar-refractivity contribution in [2.75, 3.05) is 16.1 Å². The number of esters is 1. The number of hydrogen-bond acceptors (Lipinski definition) is 7. The molecule has 3 aromatic rings. The van der Waals surface area contributed by atoms with E-state index in [4.69, 9.17) is 23.2 Å². The monoisotopic (exact) mass is 731 g/mol. The Labute approximate surface area is 284 Å². The van der Waals surface area contributed by atoms with Crippen LogP contribution in [-0.2, 0) is 31.3 Å². The summed E-state index contributed by atoms with van der Waals surface area (Å²) in [6.07, 6.45) is 9.58. The highest BCUT2D eigenvalue weighted by atomic mass is 35.5. The molecule has 2 fully saturated rings. The van der Waals surface area contributed by atoms with Crippen LogP contribution in [0.3, 0.4) is 0 Å². The lowest BCUT2D eigenvalue weighted by molar-refractivity contribution is 0.0600. The predicted molar refractivity (Wildman–Crippen MR) is 180 cm³/mol. The largest absolute Gasteiger partial charge is 0.465 e. The van der Waals surface area contributed by atoms with Crippen LogP contribution in [0.4, 0.5) is 20.2 Å². The third kappa shape index (κ3) is 9.77. The molecule has 15 heteroatoms. The molecule has 0 bridgehead atoms. The topological polar surface area (TPSA) is 123 Å². The number of sulfonamides is 2. The van der Waals surface area contributed by atoms with E-state index in [2.05, 4.69) is 14.4 Å². The number of carbonyl (C=O) groups excluding carboxylic acids is 1. The first kappa shape index (κ1) is 36.8. The SMILES string of the molecule is COC(=O)c1ccc(CN(c2ccc(F)c(Cl)c2)S(=O)(=O)C2CCCCC2)nc1.O=S(=O)(Nc1ccc(F)c(Cl)c1)C1CCCCC1. The molecule has 2 aromatic carbocycles. The van der Waals surface area contributed by atoms with Gasteiger partial charge in [0.2, 0.25) is 20.0 Å². The average molecular weight is 733 g/mol. The van der Waals surface area contributed by atoms with E-state index in [1.807, 2.05) is 0 Å². The predicted octanol–water partition coefficient (Wildman–Crippen LogP) is 7.88. The summed E-state index contributed by atoms with van der Waals surface area (Å²) in [5.74, 6) is -1.70. The van der Waals surface area contributed by atoms with E-state index < -0.39 is 42.9 Å². The van der Waals surface area contributed by atoms with Crippen LogP contribution in [0.2, 0.25) is 10.0 Å². The Balaban J connectivity index is 0.000000238. The summed E-state index contributed by atoms with van der Waals surface area (Å²) in [5.41, 5.74) is 1.30. The maximum Gasteiger partial charge on any atom is 0.339 e. The molecular weight excluding hydrogens is 695 g/mol. The highest BCUT2D eigenvalue weighted by molar-refractivity contribution is 7.93. The van der Waals surface area contributed by atoms with Gasteiger partial charge in [0.15, 0.2) is 0 Å². The summed E-state index contributed by atoms with van der Waals surface area (Å²) in [4.78, 5) is 15.8. The van der Waals surface area contributed by atoms with Crippen LogP contribution in [0.25, 0.3) is 0 Å². The first-order chi connectivity index (χ1) is 22.3. The zero-order chi connectivity index (χ0) is 34.2. The minimum atomic E-state index is -3.72. The van der Waals surface area contributed by atoms with Crippen molar-refractivity contribution in [2.45, 2.75) is 81.3 Å². The van der Waals surface area contributed by atoms with Crippen molar-refractivity contribution in [1.82, 2.24) is 4.98 Å². The number of ether oxygens (including phenoxy) is 1. The van der Waals surface area contributed by atoms with E-state index in [1.165, 1.54) is 47.9 Å². The minimum Gasteiger partial charge on any atom is -0.465 e. The van der Waals surface area contributed by atoms with Crippen molar-refractivity contribution in [2.24, 2.45) is 0 Å². The molecule has 1 aromatic heterocycles. The number of nitrogens with zero attached hydrogens (tertiary/aromatic N) is 2. The molecule has 2 saturated carbocycles. The third-order valence-corrected chi connectivity index (χ3v) is 12.9. The molecule has 0 atom stereocenters. The highest BCUT2D eigenvalue weighted by Gasteiger charge is 2.34. The summed E-state index contributed by atoms with van der Waals surface area (Å²) < 4.78 is 86.0. The van der Waals surface area contributed by atoms with Crippen LogP contribution < -0.4 is 9.03 Å². The Bertz CT molecular complexity index is 1750. The van der Waals surface area contributed by atoms with Crippen molar-refractivity contribution in [3.05, 3.63) is 87.7 Å². The number of anilines is 2. The van der Waals surface area contributed by atoms with E-state index >= 15 is 0 Å². The molecule has 1 heterocycles. The fourth-order valence-corrected chi connectivity index (χ4v) is 9.54. The van der Waals surface area contributed by atoms with Crippen LogP contribution in [0.15, 0.2) is 54.7 Å². The Morgan fingerprint density at radius 2 is 1.43 bits per heavy atom. The quantitative estimate of drug-likeness (QED) is 0.222. The molecule has 0 spiro atoms. The lowest BCUT2D eigenvalue weighted by Crippen LogP contribution is -2.39. The normalized spacial score (nSPS) is 16.1. The highest BCUT2D eigenvalue weighted by Crippen LogP contribution is 2.32. The number of benzene rings is 2. The van der Waals surface area contributed by atoms with Crippen LogP contribution in [0.1, 0.15) is 80.3 Å². The van der Waals surface area contributed by atoms with E-state index in [-0.39, 0.29) is 33.1 Å². The molecule has 0 saturated heterocycles. The Morgan fingerprint density at radius 3 is 1.96 bits per heavy atom. The standard InChI is InChI=1S/C20H22ClFN2O4S.C12H15ClFNO2S/c1-28-20(25)14-7-8-15(23-12-14)13-24(16-9-10-19(22)18(21)11-16)29(26,27)17-5-3-2-4-6-17;13-11-8-9(6-7-12(11)14)15-18(16,17)10-4-2-1-3-5-10/h7-12,17H,2-6,13H2,1H3;6-8,10,15H,1-5H2. The number of pyridine rings is 1. The average Bonchev–Trinajstić information content (AvgIpc) is 3.07. The lowest BCUT2D eigenvalue weighted by atomic mass is 10.0. The van der Waals surface area contributed by atoms with Crippen molar-refractivity contribution < 1.29 is 35.1 Å². The van der Waals surface area contributed by atoms with Crippen molar-refractivity contribution in [3.63, 3.8) is 0 Å². The molecule has 0 amide bonds. The van der Waals surface area contributed by atoms with Gasteiger partial charge in [0.1, 0.15) is 11.6 Å². The van der Waals surface area contributed by atoms with Crippen LogP contribution in [0.5, 0.6) is 0 Å². The van der Waals surface area contributed by atoms with Gasteiger partial charge < -0.3 is 4.74 Å². The summed E-state index contributed by atoms with van der Waals surface area (Å²) in [7, 11) is -5.84. The number of methoxy groups -OCH3 is 1. The molecule has 1 N–H and O–H groups in total. The molecule has 5 rings (SSSR count). The molecular formula is C32H37Cl2F2N3O6S2. The fourth-order valence-electron chi connectivity index (χ4n) is 5.60. The summed E-state index contributed by atoms with van der Waals surface area (Å²) in [6.45, 7) is -0.0533. The van der Waals surface area contributed by atoms with Gasteiger partial charge in [-0.3, -0.25) is 14.0 Å². The van der Waals surface area contributed by atoms with Crippen molar-refractivity contribution >= 4 is 60.6 Å². The van der Waals surface area contributed by atoms with Gasteiger partial charge in [0, 0.05) is 6.20 Å². The first-order valence-electron chi connectivity index (χ1n) is 15.3. The summed E-state index contributed by atoms with van der Waals surface area (Å²) >= 11 is 11.5. The van der Waals surface area contributed by atoms with E-state index in [0.717, 1.165) is 50.7 Å². The maximum atomic E-state index is 13.6. The molecule has 0 aliphatic heterocycles. The molecule has 0 radical (unpaired) electrons. The summed E-state index contributed by atoms with van der Waals surface area (Å²) in [6, 6.07) is 10.8. The number of aromatic nitrogens is 1. The maximum absolute atomic E-state index is 13.6. The number of halogens is 4. The molecule has 9 nitrogen and oxygen atoms in total. The lowest BCUT2D eigenvalue weighted by Gasteiger charge is -2.31. The number of hydrogen-bond donors (Lipinski definition) is 1. The molecule has 0 unspecified atom stereocenters. The second-order valence-corrected chi connectivity index (χ2v) is 16.4. The van der Waals surface area contributed by atoms with Gasteiger partial charge >= 0.3 is 5.97 Å². The van der Waals surface area contributed by atoms with E-state index in [9.17, 15) is 30.4 Å². The molecule has 47 heavy (non-hydrogen) atoms. The van der Waals surface area contributed by atoms with Crippen molar-refractivity contribution in [3.8, 4) is 0 Å². The van der Waals surface area contributed by atoms with Gasteiger partial charge in [0.25, 0.3) is 0 Å². The second kappa shape index (κ2) is 16.4.